The van der Waals surface area contributed by atoms with Crippen LogP contribution in [0.15, 0.2) is 35.9 Å². The Morgan fingerprint density at radius 1 is 1.08 bits per heavy atom. The minimum Gasteiger partial charge on any atom is -0.465 e. The third-order valence-corrected chi connectivity index (χ3v) is 4.81. The van der Waals surface area contributed by atoms with Gasteiger partial charge in [0, 0.05) is 5.92 Å². The van der Waals surface area contributed by atoms with Gasteiger partial charge < -0.3 is 9.47 Å². The summed E-state index contributed by atoms with van der Waals surface area (Å²) in [6.07, 6.45) is 3.67. The van der Waals surface area contributed by atoms with Gasteiger partial charge in [-0.05, 0) is 44.6 Å². The number of hydrogen-bond donors (Lipinski definition) is 0. The Morgan fingerprint density at radius 3 is 2.12 bits per heavy atom. The summed E-state index contributed by atoms with van der Waals surface area (Å²) in [5.74, 6) is -2.05. The van der Waals surface area contributed by atoms with Crippen LogP contribution in [0.3, 0.4) is 0 Å². The van der Waals surface area contributed by atoms with Crippen LogP contribution in [0.4, 0.5) is 0 Å². The Morgan fingerprint density at radius 2 is 1.62 bits per heavy atom. The molecule has 1 aromatic carbocycles. The molecule has 0 N–H and O–H groups in total. The summed E-state index contributed by atoms with van der Waals surface area (Å²) in [5.41, 5.74) is 3.44. The molecule has 0 heterocycles. The molecule has 2 rings (SSSR count). The molecule has 4 nitrogen and oxygen atoms in total. The van der Waals surface area contributed by atoms with Crippen LogP contribution in [0.25, 0.3) is 0 Å². The molecule has 0 saturated carbocycles. The molecule has 1 aliphatic rings. The molecule has 0 aliphatic heterocycles. The van der Waals surface area contributed by atoms with E-state index in [-0.39, 0.29) is 24.5 Å². The molecule has 0 bridgehead atoms. The van der Waals surface area contributed by atoms with E-state index in [0.29, 0.717) is 0 Å². The van der Waals surface area contributed by atoms with Crippen molar-refractivity contribution in [2.45, 2.75) is 47.5 Å². The van der Waals surface area contributed by atoms with Crippen LogP contribution >= 0.6 is 0 Å². The number of benzene rings is 1. The average molecular weight is 358 g/mol. The average Bonchev–Trinajstić information content (AvgIpc) is 2.84. The first-order chi connectivity index (χ1) is 12.3. The molecule has 0 aromatic heterocycles. The van der Waals surface area contributed by atoms with Crippen molar-refractivity contribution in [2.75, 3.05) is 13.2 Å². The molecule has 0 saturated heterocycles. The number of allylic oxidation sites excluding steroid dienone is 2. The minimum absolute atomic E-state index is 0.0675. The van der Waals surface area contributed by atoms with Gasteiger partial charge in [-0.15, -0.1) is 0 Å². The standard InChI is InChI=1S/C22H30O4/c1-6-25-20(23)19(21(24)26-7-2)18-14-22(4,5)13-17(18)12-16-10-8-15(3)9-11-16/h8-11,13,18-19H,6-7,12,14H2,1-5H3. The highest BCUT2D eigenvalue weighted by Gasteiger charge is 2.44. The van der Waals surface area contributed by atoms with E-state index >= 15 is 0 Å². The zero-order chi connectivity index (χ0) is 19.3. The molecular weight excluding hydrogens is 328 g/mol. The second-order valence-electron chi connectivity index (χ2n) is 7.66. The summed E-state index contributed by atoms with van der Waals surface area (Å²) in [6.45, 7) is 10.3. The smallest absolute Gasteiger partial charge is 0.320 e. The van der Waals surface area contributed by atoms with E-state index in [1.807, 2.05) is 0 Å². The van der Waals surface area contributed by atoms with Crippen LogP contribution in [0.1, 0.15) is 45.2 Å². The maximum atomic E-state index is 12.5. The zero-order valence-electron chi connectivity index (χ0n) is 16.5. The molecule has 0 amide bonds. The fourth-order valence-corrected chi connectivity index (χ4v) is 3.71. The predicted octanol–water partition coefficient (Wildman–Crippen LogP) is 4.25. The Bertz CT molecular complexity index is 652. The fraction of sp³-hybridized carbons (Fsp3) is 0.545. The predicted molar refractivity (Wildman–Crippen MR) is 102 cm³/mol. The van der Waals surface area contributed by atoms with Gasteiger partial charge in [0.25, 0.3) is 0 Å². The van der Waals surface area contributed by atoms with Crippen LogP contribution in [0.5, 0.6) is 0 Å². The summed E-state index contributed by atoms with van der Waals surface area (Å²) in [6, 6.07) is 8.36. The second kappa shape index (κ2) is 8.52. The van der Waals surface area contributed by atoms with Crippen molar-refractivity contribution in [3.05, 3.63) is 47.0 Å². The van der Waals surface area contributed by atoms with Gasteiger partial charge in [-0.2, -0.15) is 0 Å². The topological polar surface area (TPSA) is 52.6 Å². The molecule has 0 fully saturated rings. The summed E-state index contributed by atoms with van der Waals surface area (Å²) < 4.78 is 10.4. The van der Waals surface area contributed by atoms with Gasteiger partial charge in [0.05, 0.1) is 13.2 Å². The molecule has 26 heavy (non-hydrogen) atoms. The number of hydrogen-bond acceptors (Lipinski definition) is 4. The molecule has 0 radical (unpaired) electrons. The lowest BCUT2D eigenvalue weighted by atomic mass is 9.81. The second-order valence-corrected chi connectivity index (χ2v) is 7.66. The molecule has 1 aliphatic carbocycles. The first kappa shape index (κ1) is 20.2. The summed E-state index contributed by atoms with van der Waals surface area (Å²) in [5, 5.41) is 0. The number of esters is 2. The van der Waals surface area contributed by atoms with Gasteiger partial charge in [-0.25, -0.2) is 0 Å². The van der Waals surface area contributed by atoms with Crippen molar-refractivity contribution in [1.29, 1.82) is 0 Å². The number of ether oxygens (including phenoxy) is 2. The molecular formula is C22H30O4. The van der Waals surface area contributed by atoms with E-state index in [2.05, 4.69) is 51.1 Å². The highest BCUT2D eigenvalue weighted by molar-refractivity contribution is 5.95. The molecule has 1 aromatic rings. The Balaban J connectivity index is 2.32. The van der Waals surface area contributed by atoms with Crippen LogP contribution in [-0.2, 0) is 25.5 Å². The zero-order valence-corrected chi connectivity index (χ0v) is 16.5. The van der Waals surface area contributed by atoms with Gasteiger partial charge in [0.15, 0.2) is 5.92 Å². The largest absolute Gasteiger partial charge is 0.465 e. The van der Waals surface area contributed by atoms with Crippen molar-refractivity contribution in [2.24, 2.45) is 17.3 Å². The number of carbonyl (C=O) groups is 2. The molecule has 0 spiro atoms. The first-order valence-electron chi connectivity index (χ1n) is 9.38. The molecule has 1 unspecified atom stereocenters. The van der Waals surface area contributed by atoms with Gasteiger partial charge in [0.2, 0.25) is 0 Å². The van der Waals surface area contributed by atoms with Crippen molar-refractivity contribution < 1.29 is 19.1 Å². The van der Waals surface area contributed by atoms with E-state index in [1.54, 1.807) is 13.8 Å². The lowest BCUT2D eigenvalue weighted by Gasteiger charge is -2.25. The third-order valence-electron chi connectivity index (χ3n) is 4.81. The van der Waals surface area contributed by atoms with Gasteiger partial charge in [-0.1, -0.05) is 55.3 Å². The Hall–Kier alpha value is -2.10. The van der Waals surface area contributed by atoms with Crippen molar-refractivity contribution >= 4 is 11.9 Å². The number of carbonyl (C=O) groups excluding carboxylic acids is 2. The Kier molecular flexibility index (Phi) is 6.63. The summed E-state index contributed by atoms with van der Waals surface area (Å²) in [7, 11) is 0. The maximum absolute atomic E-state index is 12.5. The van der Waals surface area contributed by atoms with Crippen LogP contribution in [-0.4, -0.2) is 25.2 Å². The van der Waals surface area contributed by atoms with E-state index < -0.39 is 17.9 Å². The van der Waals surface area contributed by atoms with E-state index in [1.165, 1.54) is 11.1 Å². The molecule has 142 valence electrons. The molecule has 1 atom stereocenters. The van der Waals surface area contributed by atoms with Gasteiger partial charge in [0.1, 0.15) is 0 Å². The van der Waals surface area contributed by atoms with Crippen LogP contribution < -0.4 is 0 Å². The fourth-order valence-electron chi connectivity index (χ4n) is 3.71. The van der Waals surface area contributed by atoms with E-state index in [4.69, 9.17) is 9.47 Å². The minimum atomic E-state index is -0.895. The lowest BCUT2D eigenvalue weighted by Crippen LogP contribution is -2.35. The van der Waals surface area contributed by atoms with Gasteiger partial charge in [-0.3, -0.25) is 9.59 Å². The van der Waals surface area contributed by atoms with E-state index in [0.717, 1.165) is 18.4 Å². The van der Waals surface area contributed by atoms with Crippen LogP contribution in [0.2, 0.25) is 0 Å². The van der Waals surface area contributed by atoms with Crippen LogP contribution in [0, 0.1) is 24.2 Å². The molecule has 4 heteroatoms. The quantitative estimate of drug-likeness (QED) is 0.415. The summed E-state index contributed by atoms with van der Waals surface area (Å²) in [4.78, 5) is 25.1. The number of rotatable bonds is 7. The van der Waals surface area contributed by atoms with Crippen molar-refractivity contribution in [1.82, 2.24) is 0 Å². The summed E-state index contributed by atoms with van der Waals surface area (Å²) >= 11 is 0. The monoisotopic (exact) mass is 358 g/mol. The van der Waals surface area contributed by atoms with Crippen molar-refractivity contribution in [3.8, 4) is 0 Å². The lowest BCUT2D eigenvalue weighted by molar-refractivity contribution is -0.163. The third kappa shape index (κ3) is 4.96. The van der Waals surface area contributed by atoms with Crippen molar-refractivity contribution in [3.63, 3.8) is 0 Å². The number of aryl methyl sites for hydroxylation is 1. The normalized spacial score (nSPS) is 18.5. The highest BCUT2D eigenvalue weighted by Crippen LogP contribution is 2.45. The van der Waals surface area contributed by atoms with E-state index in [9.17, 15) is 9.59 Å². The Labute approximate surface area is 156 Å². The SMILES string of the molecule is CCOC(=O)C(C(=O)OCC)C1CC(C)(C)C=C1Cc1ccc(C)cc1. The van der Waals surface area contributed by atoms with Gasteiger partial charge >= 0.3 is 11.9 Å². The maximum Gasteiger partial charge on any atom is 0.320 e. The highest BCUT2D eigenvalue weighted by atomic mass is 16.6. The first-order valence-corrected chi connectivity index (χ1v) is 9.38.